The second-order valence-corrected chi connectivity index (χ2v) is 5.16. The highest BCUT2D eigenvalue weighted by Crippen LogP contribution is 2.30. The molecule has 0 atom stereocenters. The molecule has 2 aromatic heterocycles. The van der Waals surface area contributed by atoms with Crippen molar-refractivity contribution < 1.29 is 4.52 Å². The van der Waals surface area contributed by atoms with Crippen LogP contribution in [0.15, 0.2) is 35.1 Å². The first-order valence-electron chi connectivity index (χ1n) is 6.68. The second kappa shape index (κ2) is 5.01. The van der Waals surface area contributed by atoms with Gasteiger partial charge in [-0.05, 0) is 49.6 Å². The summed E-state index contributed by atoms with van der Waals surface area (Å²) in [4.78, 5) is 8.54. The fraction of sp³-hybridized carbons (Fsp3) is 0.188. The standard InChI is InChI=1S/C16H16N4O/c1-9-6-10(2)14(17)13(7-9)16-19-15(20-21-16)12-4-5-18-8-11(12)3/h4-8H,17H2,1-3H3. The predicted octanol–water partition coefficient (Wildman–Crippen LogP) is 3.31. The molecule has 0 radical (unpaired) electrons. The van der Waals surface area contributed by atoms with Crippen molar-refractivity contribution in [2.24, 2.45) is 0 Å². The fourth-order valence-corrected chi connectivity index (χ4v) is 2.32. The summed E-state index contributed by atoms with van der Waals surface area (Å²) in [5, 5.41) is 4.05. The van der Waals surface area contributed by atoms with E-state index in [4.69, 9.17) is 10.3 Å². The highest BCUT2D eigenvalue weighted by molar-refractivity contribution is 5.75. The number of nitrogens with two attached hydrogens (primary N) is 1. The molecule has 21 heavy (non-hydrogen) atoms. The summed E-state index contributed by atoms with van der Waals surface area (Å²) in [7, 11) is 0. The summed E-state index contributed by atoms with van der Waals surface area (Å²) >= 11 is 0. The van der Waals surface area contributed by atoms with Gasteiger partial charge < -0.3 is 10.3 Å². The topological polar surface area (TPSA) is 77.8 Å². The molecule has 0 aliphatic carbocycles. The molecule has 2 heterocycles. The van der Waals surface area contributed by atoms with Gasteiger partial charge in [0.05, 0.1) is 5.56 Å². The Kier molecular flexibility index (Phi) is 3.17. The normalized spacial score (nSPS) is 10.8. The van der Waals surface area contributed by atoms with Crippen LogP contribution in [0.4, 0.5) is 5.69 Å². The number of hydrogen-bond donors (Lipinski definition) is 1. The van der Waals surface area contributed by atoms with Crippen molar-refractivity contribution in [3.05, 3.63) is 47.3 Å². The van der Waals surface area contributed by atoms with E-state index in [1.54, 1.807) is 12.4 Å². The van der Waals surface area contributed by atoms with Gasteiger partial charge >= 0.3 is 0 Å². The Labute approximate surface area is 122 Å². The maximum Gasteiger partial charge on any atom is 0.260 e. The molecule has 106 valence electrons. The van der Waals surface area contributed by atoms with E-state index in [-0.39, 0.29) is 0 Å². The van der Waals surface area contributed by atoms with E-state index in [2.05, 4.69) is 15.1 Å². The lowest BCUT2D eigenvalue weighted by Crippen LogP contribution is -1.95. The van der Waals surface area contributed by atoms with Gasteiger partial charge in [-0.1, -0.05) is 11.2 Å². The maximum atomic E-state index is 6.12. The lowest BCUT2D eigenvalue weighted by Gasteiger charge is -2.06. The van der Waals surface area contributed by atoms with Gasteiger partial charge in [-0.25, -0.2) is 0 Å². The zero-order valence-corrected chi connectivity index (χ0v) is 12.2. The number of nitrogens with zero attached hydrogens (tertiary/aromatic N) is 3. The van der Waals surface area contributed by atoms with Crippen LogP contribution >= 0.6 is 0 Å². The molecule has 2 N–H and O–H groups in total. The fourth-order valence-electron chi connectivity index (χ4n) is 2.32. The number of pyridine rings is 1. The predicted molar refractivity (Wildman–Crippen MR) is 81.6 cm³/mol. The second-order valence-electron chi connectivity index (χ2n) is 5.16. The van der Waals surface area contributed by atoms with Crippen LogP contribution in [0.3, 0.4) is 0 Å². The first-order valence-corrected chi connectivity index (χ1v) is 6.68. The van der Waals surface area contributed by atoms with E-state index < -0.39 is 0 Å². The van der Waals surface area contributed by atoms with Crippen LogP contribution in [0.2, 0.25) is 0 Å². The Morgan fingerprint density at radius 1 is 1.05 bits per heavy atom. The number of rotatable bonds is 2. The van der Waals surface area contributed by atoms with Crippen LogP contribution in [0.1, 0.15) is 16.7 Å². The first kappa shape index (κ1) is 13.3. The molecule has 5 nitrogen and oxygen atoms in total. The van der Waals surface area contributed by atoms with Crippen molar-refractivity contribution in [3.63, 3.8) is 0 Å². The molecular weight excluding hydrogens is 264 g/mol. The molecule has 3 aromatic rings. The first-order chi connectivity index (χ1) is 10.1. The summed E-state index contributed by atoms with van der Waals surface area (Å²) in [6.45, 7) is 5.94. The average molecular weight is 280 g/mol. The van der Waals surface area contributed by atoms with Crippen molar-refractivity contribution in [2.75, 3.05) is 5.73 Å². The minimum absolute atomic E-state index is 0.436. The highest BCUT2D eigenvalue weighted by atomic mass is 16.5. The Morgan fingerprint density at radius 2 is 1.86 bits per heavy atom. The summed E-state index contributed by atoms with van der Waals surface area (Å²) < 4.78 is 5.39. The highest BCUT2D eigenvalue weighted by Gasteiger charge is 2.15. The molecule has 0 bridgehead atoms. The van der Waals surface area contributed by atoms with E-state index >= 15 is 0 Å². The van der Waals surface area contributed by atoms with Crippen LogP contribution in [-0.2, 0) is 0 Å². The quantitative estimate of drug-likeness (QED) is 0.729. The minimum atomic E-state index is 0.436. The van der Waals surface area contributed by atoms with Crippen LogP contribution in [0.5, 0.6) is 0 Å². The van der Waals surface area contributed by atoms with Gasteiger partial charge in [-0.2, -0.15) is 4.98 Å². The van der Waals surface area contributed by atoms with Crippen LogP contribution < -0.4 is 5.73 Å². The number of hydrogen-bond acceptors (Lipinski definition) is 5. The molecule has 0 spiro atoms. The van der Waals surface area contributed by atoms with E-state index in [0.29, 0.717) is 17.4 Å². The zero-order valence-electron chi connectivity index (χ0n) is 12.2. The SMILES string of the molecule is Cc1cc(C)c(N)c(-c2nc(-c3ccncc3C)no2)c1. The monoisotopic (exact) mass is 280 g/mol. The van der Waals surface area contributed by atoms with E-state index in [0.717, 1.165) is 27.8 Å². The van der Waals surface area contributed by atoms with Crippen molar-refractivity contribution in [3.8, 4) is 22.8 Å². The Bertz CT molecular complexity index is 808. The number of benzene rings is 1. The van der Waals surface area contributed by atoms with Gasteiger partial charge in [-0.15, -0.1) is 0 Å². The summed E-state index contributed by atoms with van der Waals surface area (Å²) in [5.74, 6) is 0.981. The minimum Gasteiger partial charge on any atom is -0.398 e. The molecular formula is C16H16N4O. The van der Waals surface area contributed by atoms with Crippen molar-refractivity contribution in [1.82, 2.24) is 15.1 Å². The lowest BCUT2D eigenvalue weighted by atomic mass is 10.0. The van der Waals surface area contributed by atoms with Gasteiger partial charge in [0, 0.05) is 23.6 Å². The van der Waals surface area contributed by atoms with Crippen LogP contribution in [0, 0.1) is 20.8 Å². The summed E-state index contributed by atoms with van der Waals surface area (Å²) in [6.07, 6.45) is 3.49. The summed E-state index contributed by atoms with van der Waals surface area (Å²) in [6, 6.07) is 5.86. The number of nitrogen functional groups attached to an aromatic ring is 1. The van der Waals surface area contributed by atoms with E-state index in [1.807, 2.05) is 39.0 Å². The molecule has 0 saturated carbocycles. The lowest BCUT2D eigenvalue weighted by molar-refractivity contribution is 0.432. The molecule has 0 aliphatic rings. The van der Waals surface area contributed by atoms with Gasteiger partial charge in [-0.3, -0.25) is 4.98 Å². The molecule has 0 saturated heterocycles. The maximum absolute atomic E-state index is 6.12. The molecule has 3 rings (SSSR count). The van der Waals surface area contributed by atoms with Crippen molar-refractivity contribution in [1.29, 1.82) is 0 Å². The average Bonchev–Trinajstić information content (AvgIpc) is 2.92. The molecule has 1 aromatic carbocycles. The largest absolute Gasteiger partial charge is 0.398 e. The van der Waals surface area contributed by atoms with E-state index in [9.17, 15) is 0 Å². The molecule has 0 unspecified atom stereocenters. The molecule has 0 aliphatic heterocycles. The number of aromatic nitrogens is 3. The Morgan fingerprint density at radius 3 is 2.62 bits per heavy atom. The third-order valence-corrected chi connectivity index (χ3v) is 3.45. The Balaban J connectivity index is 2.09. The van der Waals surface area contributed by atoms with Gasteiger partial charge in [0.1, 0.15) is 0 Å². The summed E-state index contributed by atoms with van der Waals surface area (Å²) in [5.41, 5.74) is 11.6. The zero-order chi connectivity index (χ0) is 15.0. The molecule has 5 heteroatoms. The van der Waals surface area contributed by atoms with Gasteiger partial charge in [0.15, 0.2) is 0 Å². The van der Waals surface area contributed by atoms with Crippen LogP contribution in [0.25, 0.3) is 22.8 Å². The Hall–Kier alpha value is -2.69. The van der Waals surface area contributed by atoms with Crippen molar-refractivity contribution >= 4 is 5.69 Å². The van der Waals surface area contributed by atoms with Gasteiger partial charge in [0.25, 0.3) is 5.89 Å². The van der Waals surface area contributed by atoms with Gasteiger partial charge in [0.2, 0.25) is 5.82 Å². The van der Waals surface area contributed by atoms with Crippen LogP contribution in [-0.4, -0.2) is 15.1 Å². The van der Waals surface area contributed by atoms with E-state index in [1.165, 1.54) is 0 Å². The third kappa shape index (κ3) is 2.38. The molecule has 0 amide bonds. The number of anilines is 1. The molecule has 0 fully saturated rings. The third-order valence-electron chi connectivity index (χ3n) is 3.45. The number of aryl methyl sites for hydroxylation is 3. The van der Waals surface area contributed by atoms with Crippen molar-refractivity contribution in [2.45, 2.75) is 20.8 Å². The smallest absolute Gasteiger partial charge is 0.260 e.